The van der Waals surface area contributed by atoms with E-state index >= 15 is 0 Å². The molecule has 1 aromatic rings. The second-order valence-corrected chi connectivity index (χ2v) is 9.41. The van der Waals surface area contributed by atoms with Crippen molar-refractivity contribution in [3.63, 3.8) is 0 Å². The molecule has 1 aliphatic heterocycles. The van der Waals surface area contributed by atoms with Crippen LogP contribution in [0.2, 0.25) is 0 Å². The summed E-state index contributed by atoms with van der Waals surface area (Å²) in [5, 5.41) is 5.87. The van der Waals surface area contributed by atoms with Gasteiger partial charge in [-0.1, -0.05) is 19.8 Å². The van der Waals surface area contributed by atoms with Gasteiger partial charge in [-0.3, -0.25) is 9.59 Å². The lowest BCUT2D eigenvalue weighted by Gasteiger charge is -2.36. The fourth-order valence-electron chi connectivity index (χ4n) is 4.60. The number of carbonyl (C=O) groups excluding carboxylic acids is 3. The quantitative estimate of drug-likeness (QED) is 0.627. The molecule has 1 aliphatic carbocycles. The molecule has 0 atom stereocenters. The number of urea groups is 1. The van der Waals surface area contributed by atoms with Crippen LogP contribution < -0.4 is 15.5 Å². The third-order valence-corrected chi connectivity index (χ3v) is 6.34. The summed E-state index contributed by atoms with van der Waals surface area (Å²) in [6.45, 7) is 9.57. The molecule has 0 aromatic heterocycles. The summed E-state index contributed by atoms with van der Waals surface area (Å²) in [5.41, 5.74) is 1.80. The van der Waals surface area contributed by atoms with E-state index in [4.69, 9.17) is 0 Å². The highest BCUT2D eigenvalue weighted by molar-refractivity contribution is 5.95. The van der Waals surface area contributed by atoms with Gasteiger partial charge < -0.3 is 25.3 Å². The molecule has 0 radical (unpaired) electrons. The van der Waals surface area contributed by atoms with Gasteiger partial charge in [-0.2, -0.15) is 0 Å². The van der Waals surface area contributed by atoms with Crippen molar-refractivity contribution in [2.45, 2.75) is 58.9 Å². The molecule has 1 saturated heterocycles. The highest BCUT2D eigenvalue weighted by atomic mass is 16.2. The molecule has 1 saturated carbocycles. The topological polar surface area (TPSA) is 85.0 Å². The first-order valence-corrected chi connectivity index (χ1v) is 12.4. The van der Waals surface area contributed by atoms with Crippen LogP contribution in [0.1, 0.15) is 52.9 Å². The molecule has 0 spiro atoms. The molecule has 0 bridgehead atoms. The summed E-state index contributed by atoms with van der Waals surface area (Å²) in [7, 11) is 0. The molecular weight excluding hydrogens is 418 g/mol. The number of anilines is 2. The maximum Gasteiger partial charge on any atom is 0.317 e. The van der Waals surface area contributed by atoms with Gasteiger partial charge in [0.2, 0.25) is 11.8 Å². The molecular formula is C25H39N5O3. The summed E-state index contributed by atoms with van der Waals surface area (Å²) in [6, 6.07) is 7.90. The zero-order valence-corrected chi connectivity index (χ0v) is 20.3. The van der Waals surface area contributed by atoms with Crippen LogP contribution in [0.25, 0.3) is 0 Å². The fraction of sp³-hybridized carbons (Fsp3) is 0.640. The van der Waals surface area contributed by atoms with Gasteiger partial charge in [-0.05, 0) is 57.4 Å². The molecule has 3 rings (SSSR count). The van der Waals surface area contributed by atoms with E-state index in [0.29, 0.717) is 19.6 Å². The third-order valence-electron chi connectivity index (χ3n) is 6.34. The normalized spacial score (nSPS) is 16.7. The van der Waals surface area contributed by atoms with Gasteiger partial charge in [0.05, 0.1) is 6.54 Å². The Labute approximate surface area is 197 Å². The zero-order chi connectivity index (χ0) is 23.8. The van der Waals surface area contributed by atoms with Crippen LogP contribution in [-0.4, -0.2) is 73.0 Å². The van der Waals surface area contributed by atoms with E-state index in [-0.39, 0.29) is 36.3 Å². The van der Waals surface area contributed by atoms with Gasteiger partial charge in [0, 0.05) is 56.1 Å². The molecule has 33 heavy (non-hydrogen) atoms. The number of hydrogen-bond acceptors (Lipinski definition) is 4. The minimum atomic E-state index is -0.160. The molecule has 1 heterocycles. The van der Waals surface area contributed by atoms with Crippen LogP contribution in [-0.2, 0) is 9.59 Å². The SMILES string of the molecule is CCCN(CC(=O)Nc1ccc(N2CCN(C(=O)NC(C)C)CC2)cc1)C(=O)C1CCCC1. The Morgan fingerprint density at radius 3 is 2.24 bits per heavy atom. The first-order chi connectivity index (χ1) is 15.9. The average molecular weight is 458 g/mol. The van der Waals surface area contributed by atoms with Crippen molar-refractivity contribution < 1.29 is 14.4 Å². The summed E-state index contributed by atoms with van der Waals surface area (Å²) < 4.78 is 0. The summed E-state index contributed by atoms with van der Waals surface area (Å²) >= 11 is 0. The lowest BCUT2D eigenvalue weighted by molar-refractivity contribution is -0.138. The summed E-state index contributed by atoms with van der Waals surface area (Å²) in [4.78, 5) is 43.4. The molecule has 8 nitrogen and oxygen atoms in total. The Bertz CT molecular complexity index is 797. The first kappa shape index (κ1) is 24.9. The molecule has 2 fully saturated rings. The lowest BCUT2D eigenvalue weighted by Crippen LogP contribution is -2.52. The highest BCUT2D eigenvalue weighted by Gasteiger charge is 2.28. The number of benzene rings is 1. The number of piperazine rings is 1. The molecule has 2 N–H and O–H groups in total. The Balaban J connectivity index is 1.49. The van der Waals surface area contributed by atoms with Crippen LogP contribution in [0.15, 0.2) is 24.3 Å². The van der Waals surface area contributed by atoms with Gasteiger partial charge >= 0.3 is 6.03 Å². The number of hydrogen-bond donors (Lipinski definition) is 2. The summed E-state index contributed by atoms with van der Waals surface area (Å²) in [6.07, 6.45) is 4.94. The predicted molar refractivity (Wildman–Crippen MR) is 131 cm³/mol. The van der Waals surface area contributed by atoms with Crippen molar-refractivity contribution in [2.75, 3.05) is 49.5 Å². The van der Waals surface area contributed by atoms with E-state index in [2.05, 4.69) is 15.5 Å². The van der Waals surface area contributed by atoms with E-state index in [1.165, 1.54) is 0 Å². The number of carbonyl (C=O) groups is 3. The van der Waals surface area contributed by atoms with Gasteiger partial charge in [0.15, 0.2) is 0 Å². The second-order valence-electron chi connectivity index (χ2n) is 9.41. The first-order valence-electron chi connectivity index (χ1n) is 12.4. The molecule has 8 heteroatoms. The molecule has 0 unspecified atom stereocenters. The molecule has 1 aromatic carbocycles. The average Bonchev–Trinajstić information content (AvgIpc) is 3.33. The number of amides is 4. The van der Waals surface area contributed by atoms with E-state index < -0.39 is 0 Å². The number of nitrogens with one attached hydrogen (secondary N) is 2. The van der Waals surface area contributed by atoms with Gasteiger partial charge in [0.1, 0.15) is 0 Å². The van der Waals surface area contributed by atoms with Crippen LogP contribution in [0.3, 0.4) is 0 Å². The van der Waals surface area contributed by atoms with E-state index in [1.54, 1.807) is 4.90 Å². The van der Waals surface area contributed by atoms with Crippen molar-refractivity contribution >= 4 is 29.2 Å². The Kier molecular flexibility index (Phi) is 8.97. The Morgan fingerprint density at radius 1 is 1.03 bits per heavy atom. The van der Waals surface area contributed by atoms with E-state index in [9.17, 15) is 14.4 Å². The van der Waals surface area contributed by atoms with Gasteiger partial charge in [0.25, 0.3) is 0 Å². The van der Waals surface area contributed by atoms with Gasteiger partial charge in [-0.15, -0.1) is 0 Å². The minimum absolute atomic E-state index is 0.00811. The molecule has 2 aliphatic rings. The van der Waals surface area contributed by atoms with Crippen molar-refractivity contribution in [1.29, 1.82) is 0 Å². The van der Waals surface area contributed by atoms with Crippen LogP contribution in [0, 0.1) is 5.92 Å². The van der Waals surface area contributed by atoms with Crippen molar-refractivity contribution in [2.24, 2.45) is 5.92 Å². The van der Waals surface area contributed by atoms with Crippen LogP contribution >= 0.6 is 0 Å². The monoisotopic (exact) mass is 457 g/mol. The maximum absolute atomic E-state index is 12.8. The lowest BCUT2D eigenvalue weighted by atomic mass is 10.1. The number of rotatable bonds is 8. The molecule has 4 amide bonds. The second kappa shape index (κ2) is 11.9. The summed E-state index contributed by atoms with van der Waals surface area (Å²) in [5.74, 6) is 0.0499. The Hall–Kier alpha value is -2.77. The van der Waals surface area contributed by atoms with Crippen molar-refractivity contribution in [1.82, 2.24) is 15.1 Å². The van der Waals surface area contributed by atoms with E-state index in [0.717, 1.165) is 56.6 Å². The Morgan fingerprint density at radius 2 is 1.67 bits per heavy atom. The van der Waals surface area contributed by atoms with Crippen LogP contribution in [0.5, 0.6) is 0 Å². The van der Waals surface area contributed by atoms with Crippen molar-refractivity contribution in [3.8, 4) is 0 Å². The fourth-order valence-corrected chi connectivity index (χ4v) is 4.60. The van der Waals surface area contributed by atoms with Crippen LogP contribution in [0.4, 0.5) is 16.2 Å². The highest BCUT2D eigenvalue weighted by Crippen LogP contribution is 2.26. The minimum Gasteiger partial charge on any atom is -0.368 e. The predicted octanol–water partition coefficient (Wildman–Crippen LogP) is 3.29. The largest absolute Gasteiger partial charge is 0.368 e. The smallest absolute Gasteiger partial charge is 0.317 e. The molecule has 182 valence electrons. The van der Waals surface area contributed by atoms with Gasteiger partial charge in [-0.25, -0.2) is 4.79 Å². The van der Waals surface area contributed by atoms with E-state index in [1.807, 2.05) is 49.9 Å². The third kappa shape index (κ3) is 7.11. The number of nitrogens with zero attached hydrogens (tertiary/aromatic N) is 3. The van der Waals surface area contributed by atoms with Crippen molar-refractivity contribution in [3.05, 3.63) is 24.3 Å². The maximum atomic E-state index is 12.8. The standard InChI is InChI=1S/C25H39N5O3/c1-4-13-30(24(32)20-7-5-6-8-20)18-23(31)27-21-9-11-22(12-10-21)28-14-16-29(17-15-28)25(33)26-19(2)3/h9-12,19-20H,4-8,13-18H2,1-3H3,(H,26,33)(H,27,31). The zero-order valence-electron chi connectivity index (χ0n) is 20.3.